The largest absolute Gasteiger partial charge is 0.378 e. The summed E-state index contributed by atoms with van der Waals surface area (Å²) in [5, 5.41) is 3.03. The number of anilines is 2. The van der Waals surface area contributed by atoms with Crippen molar-refractivity contribution in [2.45, 2.75) is 32.1 Å². The van der Waals surface area contributed by atoms with Gasteiger partial charge in [-0.15, -0.1) is 0 Å². The number of nitrogens with zero attached hydrogens (tertiary/aromatic N) is 2. The maximum atomic E-state index is 12.3. The lowest BCUT2D eigenvalue weighted by atomic mass is 10.1. The van der Waals surface area contributed by atoms with Crippen molar-refractivity contribution in [1.29, 1.82) is 0 Å². The predicted molar refractivity (Wildman–Crippen MR) is 97.6 cm³/mol. The van der Waals surface area contributed by atoms with Crippen LogP contribution in [0.2, 0.25) is 0 Å². The van der Waals surface area contributed by atoms with E-state index in [1.165, 1.54) is 37.8 Å². The van der Waals surface area contributed by atoms with E-state index in [1.54, 1.807) is 0 Å². The molecule has 0 spiro atoms. The molecule has 0 aromatic heterocycles. The fourth-order valence-corrected chi connectivity index (χ4v) is 3.45. The van der Waals surface area contributed by atoms with E-state index in [0.717, 1.165) is 45.1 Å². The summed E-state index contributed by atoms with van der Waals surface area (Å²) in [6, 6.07) is 8.15. The van der Waals surface area contributed by atoms with E-state index in [1.807, 2.05) is 12.1 Å². The van der Waals surface area contributed by atoms with Crippen LogP contribution in [0.25, 0.3) is 0 Å². The molecule has 1 aromatic rings. The number of hydrogen-bond acceptors (Lipinski definition) is 4. The highest BCUT2D eigenvalue weighted by atomic mass is 16.5. The molecule has 1 aromatic carbocycles. The molecule has 0 saturated carbocycles. The fraction of sp³-hybridized carbons (Fsp3) is 0.632. The van der Waals surface area contributed by atoms with Gasteiger partial charge in [0.1, 0.15) is 0 Å². The smallest absolute Gasteiger partial charge is 0.238 e. The van der Waals surface area contributed by atoms with Gasteiger partial charge in [-0.1, -0.05) is 19.3 Å². The van der Waals surface area contributed by atoms with Crippen LogP contribution in [0, 0.1) is 0 Å². The number of nitrogens with one attached hydrogen (secondary N) is 1. The van der Waals surface area contributed by atoms with Gasteiger partial charge < -0.3 is 15.0 Å². The highest BCUT2D eigenvalue weighted by Gasteiger charge is 2.13. The molecule has 3 rings (SSSR count). The maximum absolute atomic E-state index is 12.3. The molecule has 2 saturated heterocycles. The predicted octanol–water partition coefficient (Wildman–Crippen LogP) is 2.73. The van der Waals surface area contributed by atoms with Crippen molar-refractivity contribution in [3.63, 3.8) is 0 Å². The number of benzene rings is 1. The Morgan fingerprint density at radius 1 is 0.917 bits per heavy atom. The Balaban J connectivity index is 1.48. The highest BCUT2D eigenvalue weighted by molar-refractivity contribution is 5.92. The second-order valence-corrected chi connectivity index (χ2v) is 6.74. The lowest BCUT2D eigenvalue weighted by Gasteiger charge is -2.29. The number of amides is 1. The summed E-state index contributed by atoms with van der Waals surface area (Å²) in [5.74, 6) is 0.0923. The second kappa shape index (κ2) is 9.04. The monoisotopic (exact) mass is 331 g/mol. The van der Waals surface area contributed by atoms with Crippen molar-refractivity contribution < 1.29 is 9.53 Å². The van der Waals surface area contributed by atoms with Gasteiger partial charge in [0.05, 0.1) is 19.8 Å². The zero-order chi connectivity index (χ0) is 16.6. The van der Waals surface area contributed by atoms with Gasteiger partial charge >= 0.3 is 0 Å². The van der Waals surface area contributed by atoms with Crippen LogP contribution in [0.3, 0.4) is 0 Å². The molecular formula is C19H29N3O2. The molecule has 5 heteroatoms. The third-order valence-corrected chi connectivity index (χ3v) is 4.84. The van der Waals surface area contributed by atoms with Crippen LogP contribution in [-0.2, 0) is 9.53 Å². The molecule has 2 aliphatic heterocycles. The summed E-state index contributed by atoms with van der Waals surface area (Å²) in [6.45, 7) is 6.03. The van der Waals surface area contributed by atoms with Crippen LogP contribution < -0.4 is 10.2 Å². The minimum Gasteiger partial charge on any atom is -0.378 e. The molecular weight excluding hydrogens is 302 g/mol. The van der Waals surface area contributed by atoms with Crippen molar-refractivity contribution in [2.24, 2.45) is 0 Å². The third kappa shape index (κ3) is 5.21. The number of likely N-dealkylation sites (tertiary alicyclic amines) is 1. The summed E-state index contributed by atoms with van der Waals surface area (Å²) < 4.78 is 5.38. The summed E-state index contributed by atoms with van der Waals surface area (Å²) in [6.07, 6.45) is 6.35. The van der Waals surface area contributed by atoms with Gasteiger partial charge in [0.15, 0.2) is 0 Å². The SMILES string of the molecule is O=C(CN1CCCCCCC1)Nc1ccc(N2CCOCC2)cc1. The molecule has 2 fully saturated rings. The van der Waals surface area contributed by atoms with Gasteiger partial charge in [-0.05, 0) is 50.2 Å². The zero-order valence-corrected chi connectivity index (χ0v) is 14.5. The Hall–Kier alpha value is -1.59. The lowest BCUT2D eigenvalue weighted by molar-refractivity contribution is -0.117. The van der Waals surface area contributed by atoms with Gasteiger partial charge in [-0.25, -0.2) is 0 Å². The van der Waals surface area contributed by atoms with E-state index in [-0.39, 0.29) is 5.91 Å². The number of hydrogen-bond donors (Lipinski definition) is 1. The van der Waals surface area contributed by atoms with Crippen LogP contribution in [0.1, 0.15) is 32.1 Å². The van der Waals surface area contributed by atoms with E-state index < -0.39 is 0 Å². The zero-order valence-electron chi connectivity index (χ0n) is 14.5. The molecule has 24 heavy (non-hydrogen) atoms. The average molecular weight is 331 g/mol. The molecule has 2 heterocycles. The third-order valence-electron chi connectivity index (χ3n) is 4.84. The maximum Gasteiger partial charge on any atom is 0.238 e. The average Bonchev–Trinajstić information content (AvgIpc) is 2.59. The molecule has 0 bridgehead atoms. The van der Waals surface area contributed by atoms with Gasteiger partial charge in [-0.2, -0.15) is 0 Å². The number of rotatable bonds is 4. The van der Waals surface area contributed by atoms with Gasteiger partial charge in [0.25, 0.3) is 0 Å². The quantitative estimate of drug-likeness (QED) is 0.921. The van der Waals surface area contributed by atoms with E-state index >= 15 is 0 Å². The minimum atomic E-state index is 0.0923. The van der Waals surface area contributed by atoms with Crippen molar-refractivity contribution in [2.75, 3.05) is 56.2 Å². The van der Waals surface area contributed by atoms with Crippen molar-refractivity contribution in [3.05, 3.63) is 24.3 Å². The summed E-state index contributed by atoms with van der Waals surface area (Å²) >= 11 is 0. The van der Waals surface area contributed by atoms with Crippen LogP contribution in [-0.4, -0.2) is 56.7 Å². The number of ether oxygens (including phenoxy) is 1. The lowest BCUT2D eigenvalue weighted by Crippen LogP contribution is -2.36. The van der Waals surface area contributed by atoms with E-state index in [2.05, 4.69) is 27.2 Å². The Kier molecular flexibility index (Phi) is 6.49. The summed E-state index contributed by atoms with van der Waals surface area (Å²) in [4.78, 5) is 16.9. The first-order valence-electron chi connectivity index (χ1n) is 9.26. The van der Waals surface area contributed by atoms with Crippen LogP contribution in [0.5, 0.6) is 0 Å². The highest BCUT2D eigenvalue weighted by Crippen LogP contribution is 2.19. The van der Waals surface area contributed by atoms with Crippen LogP contribution in [0.15, 0.2) is 24.3 Å². The summed E-state index contributed by atoms with van der Waals surface area (Å²) in [5.41, 5.74) is 2.07. The van der Waals surface area contributed by atoms with Crippen molar-refractivity contribution in [1.82, 2.24) is 4.90 Å². The molecule has 1 amide bonds. The number of morpholine rings is 1. The summed E-state index contributed by atoms with van der Waals surface area (Å²) in [7, 11) is 0. The van der Waals surface area contributed by atoms with E-state index in [9.17, 15) is 4.79 Å². The minimum absolute atomic E-state index is 0.0923. The van der Waals surface area contributed by atoms with Crippen molar-refractivity contribution in [3.8, 4) is 0 Å². The molecule has 132 valence electrons. The molecule has 0 aliphatic carbocycles. The molecule has 1 N–H and O–H groups in total. The molecule has 0 unspecified atom stereocenters. The molecule has 0 radical (unpaired) electrons. The van der Waals surface area contributed by atoms with Crippen molar-refractivity contribution >= 4 is 17.3 Å². The Bertz CT molecular complexity index is 504. The fourth-order valence-electron chi connectivity index (χ4n) is 3.45. The number of carbonyl (C=O) groups excluding carboxylic acids is 1. The molecule has 5 nitrogen and oxygen atoms in total. The topological polar surface area (TPSA) is 44.8 Å². The van der Waals surface area contributed by atoms with Crippen LogP contribution in [0.4, 0.5) is 11.4 Å². The Morgan fingerprint density at radius 2 is 1.54 bits per heavy atom. The first-order chi connectivity index (χ1) is 11.8. The van der Waals surface area contributed by atoms with E-state index in [4.69, 9.17) is 4.74 Å². The standard InChI is InChI=1S/C19H29N3O2/c23-19(16-21-10-4-2-1-3-5-11-21)20-17-6-8-18(9-7-17)22-12-14-24-15-13-22/h6-9H,1-5,10-16H2,(H,20,23). The van der Waals surface area contributed by atoms with Gasteiger partial charge in [-0.3, -0.25) is 9.69 Å². The van der Waals surface area contributed by atoms with Crippen LogP contribution >= 0.6 is 0 Å². The molecule has 0 atom stereocenters. The number of carbonyl (C=O) groups is 1. The normalized spacial score (nSPS) is 20.2. The Morgan fingerprint density at radius 3 is 2.21 bits per heavy atom. The first kappa shape index (κ1) is 17.2. The second-order valence-electron chi connectivity index (χ2n) is 6.74. The molecule has 2 aliphatic rings. The first-order valence-corrected chi connectivity index (χ1v) is 9.26. The van der Waals surface area contributed by atoms with Gasteiger partial charge in [0, 0.05) is 24.5 Å². The van der Waals surface area contributed by atoms with E-state index in [0.29, 0.717) is 6.54 Å². The Labute approximate surface area is 145 Å². The van der Waals surface area contributed by atoms with Gasteiger partial charge in [0.2, 0.25) is 5.91 Å².